The van der Waals surface area contributed by atoms with Gasteiger partial charge in [-0.1, -0.05) is 0 Å². The van der Waals surface area contributed by atoms with E-state index in [1.807, 2.05) is 0 Å². The summed E-state index contributed by atoms with van der Waals surface area (Å²) in [6.45, 7) is 5.52. The number of hydrogen-bond acceptors (Lipinski definition) is 4. The Labute approximate surface area is 140 Å². The van der Waals surface area contributed by atoms with E-state index in [1.165, 1.54) is 0 Å². The Bertz CT molecular complexity index is 501. The van der Waals surface area contributed by atoms with Gasteiger partial charge in [0.25, 0.3) is 10.2 Å². The van der Waals surface area contributed by atoms with Crippen LogP contribution in [0.3, 0.4) is 0 Å². The molecule has 7 heteroatoms. The lowest BCUT2D eigenvalue weighted by atomic mass is 9.78. The molecule has 23 heavy (non-hydrogen) atoms. The summed E-state index contributed by atoms with van der Waals surface area (Å²) >= 11 is 0. The summed E-state index contributed by atoms with van der Waals surface area (Å²) in [4.78, 5) is 2.35. The van der Waals surface area contributed by atoms with Crippen LogP contribution in [-0.2, 0) is 14.9 Å². The van der Waals surface area contributed by atoms with Crippen LogP contribution in [0.15, 0.2) is 0 Å². The Kier molecular flexibility index (Phi) is 5.33. The van der Waals surface area contributed by atoms with Crippen molar-refractivity contribution in [2.45, 2.75) is 32.1 Å². The molecule has 1 spiro atoms. The van der Waals surface area contributed by atoms with Crippen LogP contribution in [0.5, 0.6) is 0 Å². The van der Waals surface area contributed by atoms with E-state index in [9.17, 15) is 8.42 Å². The van der Waals surface area contributed by atoms with Gasteiger partial charge in [-0.15, -0.1) is 0 Å². The van der Waals surface area contributed by atoms with E-state index < -0.39 is 10.2 Å². The molecule has 0 aliphatic carbocycles. The van der Waals surface area contributed by atoms with Crippen LogP contribution in [0.2, 0.25) is 0 Å². The molecular weight excluding hydrogens is 314 g/mol. The second-order valence-electron chi connectivity index (χ2n) is 7.72. The zero-order valence-electron chi connectivity index (χ0n) is 14.5. The van der Waals surface area contributed by atoms with Gasteiger partial charge in [0.15, 0.2) is 0 Å². The van der Waals surface area contributed by atoms with Crippen LogP contribution >= 0.6 is 0 Å². The van der Waals surface area contributed by atoms with E-state index in [0.717, 1.165) is 45.2 Å². The molecule has 3 aliphatic rings. The van der Waals surface area contributed by atoms with Gasteiger partial charge in [-0.2, -0.15) is 17.0 Å². The molecule has 0 bridgehead atoms. The molecule has 1 unspecified atom stereocenters. The summed E-state index contributed by atoms with van der Waals surface area (Å²) in [5.41, 5.74) is 0.224. The molecular formula is C16H31N3O3S. The molecule has 0 aromatic carbocycles. The second kappa shape index (κ2) is 6.96. The molecule has 0 aromatic rings. The highest BCUT2D eigenvalue weighted by molar-refractivity contribution is 7.86. The fraction of sp³-hybridized carbons (Fsp3) is 1.00. The summed E-state index contributed by atoms with van der Waals surface area (Å²) in [5.74, 6) is 0.336. The molecule has 3 heterocycles. The standard InChI is InChI=1S/C16H31N3O3S/c1-17-9-5-16(6-10-17)7-11-19(14-16)23(20,21)18-8-3-4-15(12-18)13-22-2/h15H,3-14H2,1-2H3. The monoisotopic (exact) mass is 345 g/mol. The van der Waals surface area contributed by atoms with Crippen molar-refractivity contribution < 1.29 is 13.2 Å². The summed E-state index contributed by atoms with van der Waals surface area (Å²) in [5, 5.41) is 0. The molecule has 134 valence electrons. The smallest absolute Gasteiger partial charge is 0.282 e. The summed E-state index contributed by atoms with van der Waals surface area (Å²) in [6, 6.07) is 0. The molecule has 3 rings (SSSR count). The first-order chi connectivity index (χ1) is 11.0. The highest BCUT2D eigenvalue weighted by Gasteiger charge is 2.45. The van der Waals surface area contributed by atoms with Crippen LogP contribution in [0, 0.1) is 11.3 Å². The Morgan fingerprint density at radius 3 is 2.48 bits per heavy atom. The fourth-order valence-electron chi connectivity index (χ4n) is 4.36. The van der Waals surface area contributed by atoms with Crippen LogP contribution in [-0.4, -0.2) is 82.0 Å². The minimum atomic E-state index is -3.30. The van der Waals surface area contributed by atoms with Crippen LogP contribution in [0.4, 0.5) is 0 Å². The van der Waals surface area contributed by atoms with Crippen molar-refractivity contribution >= 4 is 10.2 Å². The number of likely N-dealkylation sites (tertiary alicyclic amines) is 1. The van der Waals surface area contributed by atoms with Crippen LogP contribution < -0.4 is 0 Å². The topological polar surface area (TPSA) is 53.1 Å². The van der Waals surface area contributed by atoms with Crippen molar-refractivity contribution in [2.75, 3.05) is 60.0 Å². The third-order valence-electron chi connectivity index (χ3n) is 5.99. The molecule has 6 nitrogen and oxygen atoms in total. The number of piperidine rings is 2. The van der Waals surface area contributed by atoms with Gasteiger partial charge >= 0.3 is 0 Å². The van der Waals surface area contributed by atoms with E-state index in [4.69, 9.17) is 4.74 Å². The quantitative estimate of drug-likeness (QED) is 0.763. The minimum Gasteiger partial charge on any atom is -0.384 e. The van der Waals surface area contributed by atoms with Gasteiger partial charge in [0.05, 0.1) is 6.61 Å². The highest BCUT2D eigenvalue weighted by Crippen LogP contribution is 2.41. The molecule has 0 radical (unpaired) electrons. The normalized spacial score (nSPS) is 31.0. The maximum Gasteiger partial charge on any atom is 0.282 e. The number of methoxy groups -OCH3 is 1. The number of nitrogens with zero attached hydrogens (tertiary/aromatic N) is 3. The maximum atomic E-state index is 13.0. The predicted octanol–water partition coefficient (Wildman–Crippen LogP) is 1.01. The third kappa shape index (κ3) is 3.74. The maximum absolute atomic E-state index is 13.0. The van der Waals surface area contributed by atoms with Crippen molar-refractivity contribution in [2.24, 2.45) is 11.3 Å². The van der Waals surface area contributed by atoms with E-state index >= 15 is 0 Å². The molecule has 0 saturated carbocycles. The Morgan fingerprint density at radius 2 is 1.78 bits per heavy atom. The van der Waals surface area contributed by atoms with Gasteiger partial charge in [-0.3, -0.25) is 0 Å². The van der Waals surface area contributed by atoms with E-state index in [-0.39, 0.29) is 5.41 Å². The van der Waals surface area contributed by atoms with Crippen molar-refractivity contribution in [3.05, 3.63) is 0 Å². The first-order valence-electron chi connectivity index (χ1n) is 8.88. The Balaban J connectivity index is 1.64. The fourth-order valence-corrected chi connectivity index (χ4v) is 6.21. The molecule has 1 atom stereocenters. The first kappa shape index (κ1) is 17.6. The highest BCUT2D eigenvalue weighted by atomic mass is 32.2. The average Bonchev–Trinajstić information content (AvgIpc) is 2.96. The molecule has 0 amide bonds. The number of rotatable bonds is 4. The first-order valence-corrected chi connectivity index (χ1v) is 10.3. The summed E-state index contributed by atoms with van der Waals surface area (Å²) < 4.78 is 34.7. The largest absolute Gasteiger partial charge is 0.384 e. The zero-order valence-corrected chi connectivity index (χ0v) is 15.4. The Morgan fingerprint density at radius 1 is 1.09 bits per heavy atom. The van der Waals surface area contributed by atoms with E-state index in [0.29, 0.717) is 38.7 Å². The SMILES string of the molecule is COCC1CCCN(S(=O)(=O)N2CCC3(CCN(C)CC3)C2)C1. The van der Waals surface area contributed by atoms with Gasteiger partial charge in [0.2, 0.25) is 0 Å². The molecule has 0 N–H and O–H groups in total. The van der Waals surface area contributed by atoms with Crippen molar-refractivity contribution in [3.8, 4) is 0 Å². The Hall–Kier alpha value is -0.210. The predicted molar refractivity (Wildman–Crippen MR) is 90.4 cm³/mol. The van der Waals surface area contributed by atoms with Gasteiger partial charge < -0.3 is 9.64 Å². The lowest BCUT2D eigenvalue weighted by Crippen LogP contribution is -2.49. The van der Waals surface area contributed by atoms with Crippen molar-refractivity contribution in [3.63, 3.8) is 0 Å². The van der Waals surface area contributed by atoms with Gasteiger partial charge in [0, 0.05) is 33.3 Å². The summed E-state index contributed by atoms with van der Waals surface area (Å²) in [6.07, 6.45) is 5.28. The van der Waals surface area contributed by atoms with Crippen molar-refractivity contribution in [1.82, 2.24) is 13.5 Å². The average molecular weight is 346 g/mol. The lowest BCUT2D eigenvalue weighted by Gasteiger charge is -2.38. The summed E-state index contributed by atoms with van der Waals surface area (Å²) in [7, 11) is 0.541. The molecule has 3 fully saturated rings. The van der Waals surface area contributed by atoms with Gasteiger partial charge in [0.1, 0.15) is 0 Å². The van der Waals surface area contributed by atoms with Crippen LogP contribution in [0.1, 0.15) is 32.1 Å². The van der Waals surface area contributed by atoms with Gasteiger partial charge in [-0.25, -0.2) is 0 Å². The van der Waals surface area contributed by atoms with Crippen molar-refractivity contribution in [1.29, 1.82) is 0 Å². The molecule has 0 aromatic heterocycles. The van der Waals surface area contributed by atoms with E-state index in [2.05, 4.69) is 11.9 Å². The minimum absolute atomic E-state index is 0.224. The zero-order chi connectivity index (χ0) is 16.5. The number of hydrogen-bond donors (Lipinski definition) is 0. The van der Waals surface area contributed by atoms with Gasteiger partial charge in [-0.05, 0) is 63.6 Å². The third-order valence-corrected chi connectivity index (χ3v) is 7.94. The molecule has 3 saturated heterocycles. The molecule has 3 aliphatic heterocycles. The second-order valence-corrected chi connectivity index (χ2v) is 9.64. The van der Waals surface area contributed by atoms with Crippen LogP contribution in [0.25, 0.3) is 0 Å². The number of ether oxygens (including phenoxy) is 1. The lowest BCUT2D eigenvalue weighted by molar-refractivity contribution is 0.115. The van der Waals surface area contributed by atoms with E-state index in [1.54, 1.807) is 15.7 Å².